The van der Waals surface area contributed by atoms with Crippen LogP contribution in [0.2, 0.25) is 0 Å². The maximum atomic E-state index is 11.5. The number of anilines is 1. The molecule has 0 aliphatic rings. The maximum absolute atomic E-state index is 11.5. The van der Waals surface area contributed by atoms with E-state index < -0.39 is 10.0 Å². The lowest BCUT2D eigenvalue weighted by molar-refractivity contribution is 0.595. The van der Waals surface area contributed by atoms with Crippen LogP contribution in [-0.2, 0) is 10.0 Å². The average Bonchev–Trinajstić information content (AvgIpc) is 2.16. The van der Waals surface area contributed by atoms with Crippen molar-refractivity contribution in [2.75, 3.05) is 17.1 Å². The summed E-state index contributed by atoms with van der Waals surface area (Å²) in [5.41, 5.74) is 0.638. The Balaban J connectivity index is 3.07. The summed E-state index contributed by atoms with van der Waals surface area (Å²) in [6.07, 6.45) is 0. The van der Waals surface area contributed by atoms with E-state index in [0.717, 1.165) is 4.90 Å². The minimum absolute atomic E-state index is 0.0975. The molecular weight excluding hydrogens is 218 g/mol. The van der Waals surface area contributed by atoms with Gasteiger partial charge in [-0.25, -0.2) is 8.42 Å². The minimum Gasteiger partial charge on any atom is -0.273 e. The van der Waals surface area contributed by atoms with Crippen molar-refractivity contribution in [3.05, 3.63) is 24.3 Å². The Hall–Kier alpha value is -0.680. The Bertz CT molecular complexity index is 415. The molecule has 0 aliphatic heterocycles. The second kappa shape index (κ2) is 4.23. The molecule has 14 heavy (non-hydrogen) atoms. The first-order valence-electron chi connectivity index (χ1n) is 4.23. The van der Waals surface area contributed by atoms with Crippen molar-refractivity contribution in [3.8, 4) is 0 Å². The quantitative estimate of drug-likeness (QED) is 0.805. The van der Waals surface area contributed by atoms with Crippen LogP contribution in [0.5, 0.6) is 0 Å². The third kappa shape index (κ3) is 2.42. The molecule has 0 N–H and O–H groups in total. The standard InChI is InChI=1S/C9H13NO2S2/c1-3-14(11,12)10(2)8-5-4-6-9(13)7-8/h4-7,13H,3H2,1-2H3. The second-order valence-corrected chi connectivity index (χ2v) is 5.69. The molecule has 0 saturated carbocycles. The molecule has 0 atom stereocenters. The summed E-state index contributed by atoms with van der Waals surface area (Å²) in [6, 6.07) is 7.04. The molecule has 0 aliphatic carbocycles. The van der Waals surface area contributed by atoms with Gasteiger partial charge in [0.1, 0.15) is 0 Å². The highest BCUT2D eigenvalue weighted by molar-refractivity contribution is 7.92. The van der Waals surface area contributed by atoms with Gasteiger partial charge in [-0.3, -0.25) is 4.31 Å². The normalized spacial score (nSPS) is 11.4. The van der Waals surface area contributed by atoms with Crippen LogP contribution in [0.15, 0.2) is 29.2 Å². The Kier molecular flexibility index (Phi) is 3.44. The van der Waals surface area contributed by atoms with Gasteiger partial charge in [0, 0.05) is 11.9 Å². The smallest absolute Gasteiger partial charge is 0.234 e. The van der Waals surface area contributed by atoms with E-state index >= 15 is 0 Å². The third-order valence-electron chi connectivity index (χ3n) is 1.98. The summed E-state index contributed by atoms with van der Waals surface area (Å²) >= 11 is 4.15. The summed E-state index contributed by atoms with van der Waals surface area (Å²) in [6.45, 7) is 1.62. The fraction of sp³-hybridized carbons (Fsp3) is 0.333. The maximum Gasteiger partial charge on any atom is 0.234 e. The van der Waals surface area contributed by atoms with Gasteiger partial charge in [0.25, 0.3) is 0 Å². The zero-order chi connectivity index (χ0) is 10.8. The number of sulfonamides is 1. The van der Waals surface area contributed by atoms with Crippen molar-refractivity contribution in [1.29, 1.82) is 0 Å². The molecule has 0 heterocycles. The lowest BCUT2D eigenvalue weighted by atomic mass is 10.3. The molecule has 0 saturated heterocycles. The van der Waals surface area contributed by atoms with E-state index in [-0.39, 0.29) is 5.75 Å². The van der Waals surface area contributed by atoms with Crippen LogP contribution in [0.4, 0.5) is 5.69 Å². The van der Waals surface area contributed by atoms with Gasteiger partial charge < -0.3 is 0 Å². The minimum atomic E-state index is -3.17. The van der Waals surface area contributed by atoms with Gasteiger partial charge in [-0.05, 0) is 25.1 Å². The molecule has 5 heteroatoms. The average molecular weight is 231 g/mol. The predicted molar refractivity (Wildman–Crippen MR) is 61.6 cm³/mol. The molecular formula is C9H13NO2S2. The lowest BCUT2D eigenvalue weighted by Crippen LogP contribution is -2.27. The van der Waals surface area contributed by atoms with E-state index in [1.807, 2.05) is 0 Å². The number of thiol groups is 1. The highest BCUT2D eigenvalue weighted by Crippen LogP contribution is 2.19. The van der Waals surface area contributed by atoms with Crippen molar-refractivity contribution in [1.82, 2.24) is 0 Å². The van der Waals surface area contributed by atoms with Gasteiger partial charge in [-0.2, -0.15) is 0 Å². The van der Waals surface area contributed by atoms with E-state index in [0.29, 0.717) is 5.69 Å². The van der Waals surface area contributed by atoms with Crippen LogP contribution in [0.3, 0.4) is 0 Å². The summed E-state index contributed by atoms with van der Waals surface area (Å²) in [7, 11) is -1.63. The van der Waals surface area contributed by atoms with Crippen LogP contribution in [-0.4, -0.2) is 21.2 Å². The first-order chi connectivity index (χ1) is 6.47. The Morgan fingerprint density at radius 3 is 2.57 bits per heavy atom. The van der Waals surface area contributed by atoms with Crippen molar-refractivity contribution in [2.24, 2.45) is 0 Å². The largest absolute Gasteiger partial charge is 0.273 e. The SMILES string of the molecule is CCS(=O)(=O)N(C)c1cccc(S)c1. The summed E-state index contributed by atoms with van der Waals surface area (Å²) in [5.74, 6) is 0.0975. The number of hydrogen-bond acceptors (Lipinski definition) is 3. The van der Waals surface area contributed by atoms with Gasteiger partial charge in [0.2, 0.25) is 10.0 Å². The second-order valence-electron chi connectivity index (χ2n) is 2.89. The molecule has 1 rings (SSSR count). The predicted octanol–water partition coefficient (Wildman–Crippen LogP) is 1.76. The van der Waals surface area contributed by atoms with Crippen LogP contribution in [0.1, 0.15) is 6.92 Å². The molecule has 0 radical (unpaired) electrons. The van der Waals surface area contributed by atoms with Gasteiger partial charge in [0.15, 0.2) is 0 Å². The molecule has 0 amide bonds. The monoisotopic (exact) mass is 231 g/mol. The fourth-order valence-corrected chi connectivity index (χ4v) is 2.08. The molecule has 1 aromatic rings. The third-order valence-corrected chi connectivity index (χ3v) is 4.03. The Morgan fingerprint density at radius 1 is 1.43 bits per heavy atom. The molecule has 0 fully saturated rings. The van der Waals surface area contributed by atoms with Gasteiger partial charge >= 0.3 is 0 Å². The molecule has 0 spiro atoms. The van der Waals surface area contributed by atoms with Crippen LogP contribution >= 0.6 is 12.6 Å². The topological polar surface area (TPSA) is 37.4 Å². The number of nitrogens with zero attached hydrogens (tertiary/aromatic N) is 1. The van der Waals surface area contributed by atoms with E-state index in [9.17, 15) is 8.42 Å². The van der Waals surface area contributed by atoms with Crippen molar-refractivity contribution >= 4 is 28.3 Å². The highest BCUT2D eigenvalue weighted by atomic mass is 32.2. The Morgan fingerprint density at radius 2 is 2.07 bits per heavy atom. The van der Waals surface area contributed by atoms with Crippen molar-refractivity contribution in [3.63, 3.8) is 0 Å². The highest BCUT2D eigenvalue weighted by Gasteiger charge is 2.15. The van der Waals surface area contributed by atoms with Gasteiger partial charge in [-0.15, -0.1) is 12.6 Å². The van der Waals surface area contributed by atoms with Gasteiger partial charge in [0.05, 0.1) is 11.4 Å². The van der Waals surface area contributed by atoms with Crippen molar-refractivity contribution < 1.29 is 8.42 Å². The number of hydrogen-bond donors (Lipinski definition) is 1. The molecule has 1 aromatic carbocycles. The van der Waals surface area contributed by atoms with Crippen LogP contribution in [0.25, 0.3) is 0 Å². The van der Waals surface area contributed by atoms with E-state index in [1.165, 1.54) is 4.31 Å². The Labute approximate surface area is 90.2 Å². The van der Waals surface area contributed by atoms with Crippen molar-refractivity contribution in [2.45, 2.75) is 11.8 Å². The van der Waals surface area contributed by atoms with Crippen LogP contribution in [0, 0.1) is 0 Å². The number of rotatable bonds is 3. The van der Waals surface area contributed by atoms with E-state index in [4.69, 9.17) is 0 Å². The zero-order valence-corrected chi connectivity index (χ0v) is 9.85. The first kappa shape index (κ1) is 11.4. The zero-order valence-electron chi connectivity index (χ0n) is 8.14. The lowest BCUT2D eigenvalue weighted by Gasteiger charge is -2.18. The summed E-state index contributed by atoms with van der Waals surface area (Å²) < 4.78 is 24.3. The molecule has 0 unspecified atom stereocenters. The molecule has 0 aromatic heterocycles. The summed E-state index contributed by atoms with van der Waals surface area (Å²) in [4.78, 5) is 0.751. The first-order valence-corrected chi connectivity index (χ1v) is 6.28. The molecule has 78 valence electrons. The van der Waals surface area contributed by atoms with Crippen LogP contribution < -0.4 is 4.31 Å². The van der Waals surface area contributed by atoms with E-state index in [2.05, 4.69) is 12.6 Å². The van der Waals surface area contributed by atoms with E-state index in [1.54, 1.807) is 38.2 Å². The number of benzene rings is 1. The summed E-state index contributed by atoms with van der Waals surface area (Å²) in [5, 5.41) is 0. The fourth-order valence-electron chi connectivity index (χ4n) is 1.04. The van der Waals surface area contributed by atoms with Gasteiger partial charge in [-0.1, -0.05) is 6.07 Å². The molecule has 0 bridgehead atoms. The molecule has 3 nitrogen and oxygen atoms in total.